The van der Waals surface area contributed by atoms with E-state index in [2.05, 4.69) is 5.32 Å². The first kappa shape index (κ1) is 25.0. The van der Waals surface area contributed by atoms with E-state index < -0.39 is 22.8 Å². The van der Waals surface area contributed by atoms with Crippen molar-refractivity contribution in [1.29, 1.82) is 0 Å². The summed E-state index contributed by atoms with van der Waals surface area (Å²) in [6, 6.07) is 18.4. The number of carbonyl (C=O) groups excluding carboxylic acids is 3. The molecule has 36 heavy (non-hydrogen) atoms. The van der Waals surface area contributed by atoms with Crippen LogP contribution >= 0.6 is 0 Å². The van der Waals surface area contributed by atoms with Gasteiger partial charge in [-0.15, -0.1) is 0 Å². The van der Waals surface area contributed by atoms with E-state index in [9.17, 15) is 14.4 Å². The number of hydrogen-bond acceptors (Lipinski definition) is 5. The molecular weight excluding hydrogens is 458 g/mol. The lowest BCUT2D eigenvalue weighted by atomic mass is 9.57. The molecule has 4 rings (SSSR count). The highest BCUT2D eigenvalue weighted by Gasteiger charge is 2.57. The van der Waals surface area contributed by atoms with Crippen molar-refractivity contribution in [2.45, 2.75) is 45.2 Å². The largest absolute Gasteiger partial charge is 0.484 e. The van der Waals surface area contributed by atoms with Crippen molar-refractivity contribution in [3.63, 3.8) is 0 Å². The zero-order valence-electron chi connectivity index (χ0n) is 20.9. The van der Waals surface area contributed by atoms with Crippen molar-refractivity contribution in [1.82, 2.24) is 5.32 Å². The third-order valence-electron chi connectivity index (χ3n) is 7.03. The molecule has 0 bridgehead atoms. The zero-order chi connectivity index (χ0) is 26.1. The topological polar surface area (TPSA) is 115 Å². The second kappa shape index (κ2) is 9.53. The Kier molecular flexibility index (Phi) is 6.63. The summed E-state index contributed by atoms with van der Waals surface area (Å²) in [4.78, 5) is 39.4. The van der Waals surface area contributed by atoms with Gasteiger partial charge in [0.25, 0.3) is 5.91 Å². The number of para-hydroxylation sites is 1. The first-order valence-electron chi connectivity index (χ1n) is 11.8. The Morgan fingerprint density at radius 3 is 2.33 bits per heavy atom. The fourth-order valence-corrected chi connectivity index (χ4v) is 5.64. The first-order chi connectivity index (χ1) is 17.1. The van der Waals surface area contributed by atoms with Crippen molar-refractivity contribution < 1.29 is 23.5 Å². The van der Waals surface area contributed by atoms with Gasteiger partial charge in [-0.05, 0) is 55.3 Å². The van der Waals surface area contributed by atoms with Gasteiger partial charge in [0.1, 0.15) is 11.5 Å². The summed E-state index contributed by atoms with van der Waals surface area (Å²) in [7, 11) is 0. The van der Waals surface area contributed by atoms with Crippen LogP contribution < -0.4 is 20.7 Å². The molecule has 0 fully saturated rings. The van der Waals surface area contributed by atoms with Crippen LogP contribution in [0.15, 0.2) is 71.3 Å². The van der Waals surface area contributed by atoms with E-state index in [1.807, 2.05) is 57.2 Å². The molecule has 8 nitrogen and oxygen atoms in total. The quantitative estimate of drug-likeness (QED) is 0.527. The lowest BCUT2D eigenvalue weighted by molar-refractivity contribution is -0.127. The van der Waals surface area contributed by atoms with Gasteiger partial charge in [0, 0.05) is 18.0 Å². The molecule has 3 amide bonds. The monoisotopic (exact) mass is 489 g/mol. The molecule has 2 heterocycles. The molecule has 0 spiro atoms. The third kappa shape index (κ3) is 4.34. The number of nitrogens with zero attached hydrogens (tertiary/aromatic N) is 1. The highest BCUT2D eigenvalue weighted by atomic mass is 16.5. The van der Waals surface area contributed by atoms with Crippen molar-refractivity contribution in [2.24, 2.45) is 11.7 Å². The molecule has 2 atom stereocenters. The molecule has 188 valence electrons. The second-order valence-corrected chi connectivity index (χ2v) is 9.73. The van der Waals surface area contributed by atoms with Gasteiger partial charge in [0.2, 0.25) is 11.8 Å². The molecule has 2 unspecified atom stereocenters. The number of primary amides is 1. The molecule has 0 saturated carbocycles. The van der Waals surface area contributed by atoms with Gasteiger partial charge in [0.05, 0.1) is 24.3 Å². The Labute approximate surface area is 210 Å². The van der Waals surface area contributed by atoms with Crippen LogP contribution in [0.1, 0.15) is 44.6 Å². The van der Waals surface area contributed by atoms with Crippen molar-refractivity contribution >= 4 is 23.4 Å². The standard InChI is InChI=1S/C28H31N3O5/c1-18(32)31-23-10-6-5-9-22(23)28(4,25(26(29)34)27(31,2)3)19-11-13-20(14-12-19)36-17-24(33)30-16-21-8-7-15-35-21/h5-15,25H,16-17H2,1-4H3,(H2,29,34)(H,30,33). The summed E-state index contributed by atoms with van der Waals surface area (Å²) in [5.74, 6) is -0.457. The lowest BCUT2D eigenvalue weighted by Gasteiger charge is -2.55. The summed E-state index contributed by atoms with van der Waals surface area (Å²) in [6.07, 6.45) is 1.55. The number of fused-ring (bicyclic) bond motifs is 1. The number of amides is 3. The Bertz CT molecular complexity index is 1270. The fourth-order valence-electron chi connectivity index (χ4n) is 5.64. The van der Waals surface area contributed by atoms with Gasteiger partial charge < -0.3 is 25.1 Å². The van der Waals surface area contributed by atoms with Crippen LogP contribution in [0.25, 0.3) is 0 Å². The summed E-state index contributed by atoms with van der Waals surface area (Å²) < 4.78 is 10.9. The van der Waals surface area contributed by atoms with Crippen molar-refractivity contribution in [2.75, 3.05) is 11.5 Å². The molecule has 0 saturated heterocycles. The maximum atomic E-state index is 12.9. The molecule has 2 aromatic carbocycles. The van der Waals surface area contributed by atoms with Crippen LogP contribution in [0.2, 0.25) is 0 Å². The van der Waals surface area contributed by atoms with E-state index in [4.69, 9.17) is 14.9 Å². The minimum atomic E-state index is -0.873. The molecule has 8 heteroatoms. The van der Waals surface area contributed by atoms with E-state index in [1.165, 1.54) is 6.92 Å². The number of ether oxygens (including phenoxy) is 1. The smallest absolute Gasteiger partial charge is 0.258 e. The average Bonchev–Trinajstić information content (AvgIpc) is 3.34. The van der Waals surface area contributed by atoms with Gasteiger partial charge >= 0.3 is 0 Å². The van der Waals surface area contributed by atoms with Crippen LogP contribution in [0.4, 0.5) is 5.69 Å². The maximum Gasteiger partial charge on any atom is 0.258 e. The van der Waals surface area contributed by atoms with Crippen LogP contribution in [0.5, 0.6) is 5.75 Å². The molecule has 1 aliphatic rings. The molecule has 3 N–H and O–H groups in total. The molecule has 3 aromatic rings. The summed E-state index contributed by atoms with van der Waals surface area (Å²) in [5, 5.41) is 2.73. The second-order valence-electron chi connectivity index (χ2n) is 9.73. The van der Waals surface area contributed by atoms with Crippen LogP contribution in [-0.2, 0) is 26.3 Å². The summed E-state index contributed by atoms with van der Waals surface area (Å²) >= 11 is 0. The highest BCUT2D eigenvalue weighted by molar-refractivity contribution is 5.98. The Morgan fingerprint density at radius 2 is 1.72 bits per heavy atom. The van der Waals surface area contributed by atoms with Gasteiger partial charge in [-0.25, -0.2) is 0 Å². The van der Waals surface area contributed by atoms with E-state index in [0.717, 1.165) is 16.8 Å². The van der Waals surface area contributed by atoms with Gasteiger partial charge in [-0.2, -0.15) is 0 Å². The third-order valence-corrected chi connectivity index (χ3v) is 7.03. The number of furan rings is 1. The van der Waals surface area contributed by atoms with Gasteiger partial charge in [-0.1, -0.05) is 37.3 Å². The molecule has 1 aliphatic heterocycles. The summed E-state index contributed by atoms with van der Waals surface area (Å²) in [6.45, 7) is 7.36. The van der Waals surface area contributed by atoms with Crippen molar-refractivity contribution in [3.05, 3.63) is 83.8 Å². The van der Waals surface area contributed by atoms with Crippen LogP contribution in [-0.4, -0.2) is 29.9 Å². The van der Waals surface area contributed by atoms with Gasteiger partial charge in [0.15, 0.2) is 6.61 Å². The Balaban J connectivity index is 1.61. The summed E-state index contributed by atoms with van der Waals surface area (Å²) in [5.41, 5.74) is 6.76. The predicted molar refractivity (Wildman–Crippen MR) is 135 cm³/mol. The fraction of sp³-hybridized carbons (Fsp3) is 0.321. The normalized spacial score (nSPS) is 20.3. The lowest BCUT2D eigenvalue weighted by Crippen LogP contribution is -2.65. The molecule has 1 aromatic heterocycles. The van der Waals surface area contributed by atoms with E-state index >= 15 is 0 Å². The Morgan fingerprint density at radius 1 is 1.03 bits per heavy atom. The van der Waals surface area contributed by atoms with E-state index in [0.29, 0.717) is 11.5 Å². The maximum absolute atomic E-state index is 12.9. The minimum absolute atomic E-state index is 0.148. The number of nitrogens with two attached hydrogens (primary N) is 1. The molecule has 0 radical (unpaired) electrons. The molecule has 0 aliphatic carbocycles. The number of nitrogens with one attached hydrogen (secondary N) is 1. The van der Waals surface area contributed by atoms with Crippen molar-refractivity contribution in [3.8, 4) is 5.75 Å². The zero-order valence-corrected chi connectivity index (χ0v) is 20.9. The average molecular weight is 490 g/mol. The predicted octanol–water partition coefficient (Wildman–Crippen LogP) is 3.53. The van der Waals surface area contributed by atoms with Crippen LogP contribution in [0.3, 0.4) is 0 Å². The highest BCUT2D eigenvalue weighted by Crippen LogP contribution is 2.54. The Hall–Kier alpha value is -4.07. The first-order valence-corrected chi connectivity index (χ1v) is 11.8. The number of benzene rings is 2. The van der Waals surface area contributed by atoms with E-state index in [1.54, 1.807) is 35.4 Å². The number of carbonyl (C=O) groups is 3. The number of rotatable bonds is 7. The SMILES string of the molecule is CC(=O)N1c2ccccc2C(C)(c2ccc(OCC(=O)NCc3ccco3)cc2)C(C(N)=O)C1(C)C. The molecular formula is C28H31N3O5. The van der Waals surface area contributed by atoms with E-state index in [-0.39, 0.29) is 25.0 Å². The van der Waals surface area contributed by atoms with Gasteiger partial charge in [-0.3, -0.25) is 14.4 Å². The number of anilines is 1. The van der Waals surface area contributed by atoms with Crippen LogP contribution in [0, 0.1) is 5.92 Å². The number of hydrogen-bond donors (Lipinski definition) is 2. The minimum Gasteiger partial charge on any atom is -0.484 e.